The van der Waals surface area contributed by atoms with Crippen molar-refractivity contribution in [3.05, 3.63) is 56.2 Å². The van der Waals surface area contributed by atoms with Crippen molar-refractivity contribution >= 4 is 40.7 Å². The summed E-state index contributed by atoms with van der Waals surface area (Å²) >= 11 is 7.36. The number of ether oxygens (including phenoxy) is 1. The number of hydrogen-bond acceptors (Lipinski definition) is 5. The first-order chi connectivity index (χ1) is 12.3. The highest BCUT2D eigenvalue weighted by Gasteiger charge is 2.20. The third-order valence-electron chi connectivity index (χ3n) is 3.67. The Hall–Kier alpha value is -2.38. The minimum atomic E-state index is -0.766. The zero-order valence-corrected chi connectivity index (χ0v) is 15.9. The Labute approximate surface area is 160 Å². The fourth-order valence-corrected chi connectivity index (χ4v) is 3.54. The van der Waals surface area contributed by atoms with Crippen molar-refractivity contribution in [1.82, 2.24) is 5.32 Å². The van der Waals surface area contributed by atoms with E-state index >= 15 is 0 Å². The Morgan fingerprint density at radius 1 is 1.23 bits per heavy atom. The number of carbonyl (C=O) groups is 3. The van der Waals surface area contributed by atoms with Crippen LogP contribution in [0.15, 0.2) is 30.3 Å². The molecular weight excluding hydrogens is 376 g/mol. The molecule has 6 nitrogen and oxygen atoms in total. The summed E-state index contributed by atoms with van der Waals surface area (Å²) in [6, 6.07) is 6.99. The average Bonchev–Trinajstić information content (AvgIpc) is 2.91. The number of rotatable bonds is 7. The van der Waals surface area contributed by atoms with Crippen LogP contribution in [0, 0.1) is 13.8 Å². The van der Waals surface area contributed by atoms with Gasteiger partial charge in [-0.3, -0.25) is 9.59 Å². The second-order valence-electron chi connectivity index (χ2n) is 5.73. The van der Waals surface area contributed by atoms with Crippen LogP contribution in [-0.2, 0) is 9.53 Å². The van der Waals surface area contributed by atoms with Crippen molar-refractivity contribution in [2.75, 3.05) is 6.61 Å². The number of thiophene rings is 1. The van der Waals surface area contributed by atoms with E-state index < -0.39 is 18.0 Å². The van der Waals surface area contributed by atoms with E-state index in [1.165, 1.54) is 11.3 Å². The third-order valence-corrected chi connectivity index (χ3v) is 4.88. The number of ketones is 1. The molecule has 138 valence electrons. The minimum absolute atomic E-state index is 0.153. The van der Waals surface area contributed by atoms with Crippen molar-refractivity contribution in [1.29, 1.82) is 0 Å². The number of amides is 2. The molecule has 2 rings (SSSR count). The molecular formula is C18H19ClN2O4S. The summed E-state index contributed by atoms with van der Waals surface area (Å²) < 4.78 is 5.08. The van der Waals surface area contributed by atoms with Crippen LogP contribution in [-0.4, -0.2) is 24.4 Å². The van der Waals surface area contributed by atoms with Crippen LogP contribution in [0.25, 0.3) is 0 Å². The van der Waals surface area contributed by atoms with Crippen molar-refractivity contribution in [2.24, 2.45) is 5.73 Å². The van der Waals surface area contributed by atoms with E-state index in [0.717, 1.165) is 9.75 Å². The number of nitrogens with two attached hydrogens (primary N) is 1. The maximum absolute atomic E-state index is 12.2. The standard InChI is InChI=1S/C18H19ClN2O4S/c1-10-7-14(11(2)26-10)16(22)9-25-17(23)8-15(21-18(20)24)12-3-5-13(19)6-4-12/h3-7,15H,8-9H2,1-2H3,(H3,20,21,24)/t15-/m0/s1. The topological polar surface area (TPSA) is 98.5 Å². The van der Waals surface area contributed by atoms with E-state index in [9.17, 15) is 14.4 Å². The van der Waals surface area contributed by atoms with Crippen LogP contribution in [0.3, 0.4) is 0 Å². The van der Waals surface area contributed by atoms with Crippen LogP contribution >= 0.6 is 22.9 Å². The molecule has 2 aromatic rings. The van der Waals surface area contributed by atoms with Gasteiger partial charge in [-0.05, 0) is 37.6 Å². The predicted molar refractivity (Wildman–Crippen MR) is 101 cm³/mol. The van der Waals surface area contributed by atoms with Gasteiger partial charge in [0.2, 0.25) is 5.78 Å². The van der Waals surface area contributed by atoms with E-state index in [-0.39, 0.29) is 18.8 Å². The van der Waals surface area contributed by atoms with Gasteiger partial charge in [0, 0.05) is 20.3 Å². The van der Waals surface area contributed by atoms with Gasteiger partial charge in [0.1, 0.15) is 0 Å². The van der Waals surface area contributed by atoms with Crippen molar-refractivity contribution in [3.63, 3.8) is 0 Å². The first-order valence-electron chi connectivity index (χ1n) is 7.83. The third kappa shape index (κ3) is 5.57. The van der Waals surface area contributed by atoms with Gasteiger partial charge in [0.05, 0.1) is 12.5 Å². The summed E-state index contributed by atoms with van der Waals surface area (Å²) in [7, 11) is 0. The number of benzene rings is 1. The van der Waals surface area contributed by atoms with E-state index in [2.05, 4.69) is 5.32 Å². The zero-order chi connectivity index (χ0) is 19.3. The highest BCUT2D eigenvalue weighted by molar-refractivity contribution is 7.12. The molecule has 1 heterocycles. The quantitative estimate of drug-likeness (QED) is 0.554. The fraction of sp³-hybridized carbons (Fsp3) is 0.278. The van der Waals surface area contributed by atoms with Crippen LogP contribution < -0.4 is 11.1 Å². The van der Waals surface area contributed by atoms with Gasteiger partial charge in [-0.2, -0.15) is 0 Å². The van der Waals surface area contributed by atoms with Gasteiger partial charge in [-0.15, -0.1) is 11.3 Å². The first kappa shape index (κ1) is 19.9. The van der Waals surface area contributed by atoms with Gasteiger partial charge in [-0.25, -0.2) is 4.79 Å². The molecule has 2 amide bonds. The largest absolute Gasteiger partial charge is 0.457 e. The fourth-order valence-electron chi connectivity index (χ4n) is 2.48. The lowest BCUT2D eigenvalue weighted by atomic mass is 10.0. The summed E-state index contributed by atoms with van der Waals surface area (Å²) in [4.78, 5) is 37.4. The van der Waals surface area contributed by atoms with Gasteiger partial charge in [0.25, 0.3) is 0 Å². The number of hydrogen-bond donors (Lipinski definition) is 2. The molecule has 0 aliphatic carbocycles. The second-order valence-corrected chi connectivity index (χ2v) is 7.62. The van der Waals surface area contributed by atoms with Crippen molar-refractivity contribution < 1.29 is 19.1 Å². The lowest BCUT2D eigenvalue weighted by Gasteiger charge is -2.17. The minimum Gasteiger partial charge on any atom is -0.457 e. The number of primary amides is 1. The van der Waals surface area contributed by atoms with Gasteiger partial charge in [0.15, 0.2) is 6.61 Å². The number of halogens is 1. The molecule has 8 heteroatoms. The van der Waals surface area contributed by atoms with Crippen molar-refractivity contribution in [3.8, 4) is 0 Å². The molecule has 26 heavy (non-hydrogen) atoms. The SMILES string of the molecule is Cc1cc(C(=O)COC(=O)C[C@H](NC(N)=O)c2ccc(Cl)cc2)c(C)s1. The highest BCUT2D eigenvalue weighted by atomic mass is 35.5. The van der Waals surface area contributed by atoms with E-state index in [0.29, 0.717) is 16.1 Å². The number of aryl methyl sites for hydroxylation is 2. The van der Waals surface area contributed by atoms with Gasteiger partial charge in [-0.1, -0.05) is 23.7 Å². The summed E-state index contributed by atoms with van der Waals surface area (Å²) in [5.74, 6) is -0.872. The Kier molecular flexibility index (Phi) is 6.76. The highest BCUT2D eigenvalue weighted by Crippen LogP contribution is 2.22. The smallest absolute Gasteiger partial charge is 0.312 e. The molecule has 1 aromatic heterocycles. The van der Waals surface area contributed by atoms with Crippen LogP contribution in [0.2, 0.25) is 5.02 Å². The molecule has 0 spiro atoms. The van der Waals surface area contributed by atoms with Crippen molar-refractivity contribution in [2.45, 2.75) is 26.3 Å². The number of carbonyl (C=O) groups excluding carboxylic acids is 3. The summed E-state index contributed by atoms with van der Waals surface area (Å²) in [5, 5.41) is 3.02. The Morgan fingerprint density at radius 3 is 2.42 bits per heavy atom. The van der Waals surface area contributed by atoms with Crippen LogP contribution in [0.1, 0.15) is 38.1 Å². The van der Waals surface area contributed by atoms with Gasteiger partial charge < -0.3 is 15.8 Å². The Bertz CT molecular complexity index is 817. The summed E-state index contributed by atoms with van der Waals surface area (Å²) in [6.07, 6.45) is -0.153. The molecule has 0 saturated heterocycles. The molecule has 0 aliphatic rings. The monoisotopic (exact) mass is 394 g/mol. The Morgan fingerprint density at radius 2 is 1.88 bits per heavy atom. The summed E-state index contributed by atoms with van der Waals surface area (Å²) in [5.41, 5.74) is 6.39. The van der Waals surface area contributed by atoms with Gasteiger partial charge >= 0.3 is 12.0 Å². The number of esters is 1. The van der Waals surface area contributed by atoms with Crippen LogP contribution in [0.5, 0.6) is 0 Å². The molecule has 1 atom stereocenters. The Balaban J connectivity index is 1.98. The molecule has 3 N–H and O–H groups in total. The zero-order valence-electron chi connectivity index (χ0n) is 14.4. The van der Waals surface area contributed by atoms with E-state index in [4.69, 9.17) is 22.1 Å². The summed E-state index contributed by atoms with van der Waals surface area (Å²) in [6.45, 7) is 3.41. The maximum atomic E-state index is 12.2. The molecule has 0 radical (unpaired) electrons. The van der Waals surface area contributed by atoms with E-state index in [1.54, 1.807) is 30.3 Å². The maximum Gasteiger partial charge on any atom is 0.312 e. The average molecular weight is 395 g/mol. The lowest BCUT2D eigenvalue weighted by Crippen LogP contribution is -2.34. The van der Waals surface area contributed by atoms with E-state index in [1.807, 2.05) is 13.8 Å². The molecule has 0 aliphatic heterocycles. The second kappa shape index (κ2) is 8.82. The first-order valence-corrected chi connectivity index (χ1v) is 9.03. The molecule has 1 aromatic carbocycles. The number of nitrogens with one attached hydrogen (secondary N) is 1. The number of Topliss-reactive ketones (excluding diaryl/α,β-unsaturated/α-hetero) is 1. The molecule has 0 saturated carbocycles. The normalized spacial score (nSPS) is 11.7. The molecule has 0 bridgehead atoms. The predicted octanol–water partition coefficient (Wildman–Crippen LogP) is 3.54. The molecule has 0 fully saturated rings. The molecule has 0 unspecified atom stereocenters. The number of urea groups is 1. The van der Waals surface area contributed by atoms with Crippen LogP contribution in [0.4, 0.5) is 4.79 Å². The lowest BCUT2D eigenvalue weighted by molar-refractivity contribution is -0.143.